The van der Waals surface area contributed by atoms with E-state index < -0.39 is 0 Å². The Labute approximate surface area is 122 Å². The number of carbonyl (C=O) groups excluding carboxylic acids is 1. The zero-order valence-electron chi connectivity index (χ0n) is 12.2. The monoisotopic (exact) mass is 293 g/mol. The normalized spacial score (nSPS) is 11.1. The van der Waals surface area contributed by atoms with Gasteiger partial charge in [0.25, 0.3) is 5.91 Å². The molecule has 0 aliphatic heterocycles. The van der Waals surface area contributed by atoms with Gasteiger partial charge in [0.15, 0.2) is 0 Å². The summed E-state index contributed by atoms with van der Waals surface area (Å²) in [5, 5.41) is 8.01. The summed E-state index contributed by atoms with van der Waals surface area (Å²) in [6, 6.07) is 0.223. The van der Waals surface area contributed by atoms with Crippen LogP contribution in [0.4, 0.5) is 0 Å². The molecule has 1 N–H and O–H groups in total. The standard InChI is InChI=1S/C13H19N5OS/c1-5-11-17-9(4)12(20-11)13(19)14-6-10-15-7-16-18(10)8(2)3/h7-8H,5-6H2,1-4H3,(H,14,19). The molecule has 0 spiro atoms. The molecule has 7 heteroatoms. The van der Waals surface area contributed by atoms with Crippen LogP contribution in [0.5, 0.6) is 0 Å². The summed E-state index contributed by atoms with van der Waals surface area (Å²) in [7, 11) is 0. The maximum atomic E-state index is 12.2. The Bertz CT molecular complexity index is 602. The largest absolute Gasteiger partial charge is 0.344 e. The summed E-state index contributed by atoms with van der Waals surface area (Å²) in [6.45, 7) is 8.32. The van der Waals surface area contributed by atoms with E-state index in [9.17, 15) is 4.79 Å². The molecule has 6 nitrogen and oxygen atoms in total. The summed E-state index contributed by atoms with van der Waals surface area (Å²) in [5.41, 5.74) is 0.787. The number of aromatic nitrogens is 4. The Kier molecular flexibility index (Phi) is 4.49. The number of thiazole rings is 1. The average Bonchev–Trinajstić information content (AvgIpc) is 3.02. The molecule has 0 bridgehead atoms. The Morgan fingerprint density at radius 3 is 2.85 bits per heavy atom. The van der Waals surface area contributed by atoms with Crippen LogP contribution in [-0.2, 0) is 13.0 Å². The third kappa shape index (κ3) is 3.04. The maximum Gasteiger partial charge on any atom is 0.263 e. The molecule has 2 rings (SSSR count). The highest BCUT2D eigenvalue weighted by molar-refractivity contribution is 7.13. The van der Waals surface area contributed by atoms with Crippen molar-refractivity contribution in [2.24, 2.45) is 0 Å². The molecule has 0 aromatic carbocycles. The number of nitrogens with zero attached hydrogens (tertiary/aromatic N) is 4. The molecule has 0 aliphatic carbocycles. The van der Waals surface area contributed by atoms with E-state index in [-0.39, 0.29) is 11.9 Å². The molecule has 0 saturated carbocycles. The van der Waals surface area contributed by atoms with Gasteiger partial charge >= 0.3 is 0 Å². The van der Waals surface area contributed by atoms with Gasteiger partial charge in [-0.05, 0) is 27.2 Å². The van der Waals surface area contributed by atoms with Crippen molar-refractivity contribution in [3.8, 4) is 0 Å². The minimum atomic E-state index is -0.0991. The number of hydrogen-bond donors (Lipinski definition) is 1. The lowest BCUT2D eigenvalue weighted by atomic mass is 10.3. The number of aryl methyl sites for hydroxylation is 2. The van der Waals surface area contributed by atoms with E-state index in [1.165, 1.54) is 17.7 Å². The third-order valence-electron chi connectivity index (χ3n) is 2.89. The van der Waals surface area contributed by atoms with E-state index in [2.05, 4.69) is 20.4 Å². The van der Waals surface area contributed by atoms with Crippen molar-refractivity contribution in [3.05, 3.63) is 27.7 Å². The molecular weight excluding hydrogens is 274 g/mol. The van der Waals surface area contributed by atoms with Gasteiger partial charge in [0.2, 0.25) is 0 Å². The van der Waals surface area contributed by atoms with Crippen molar-refractivity contribution in [3.63, 3.8) is 0 Å². The van der Waals surface area contributed by atoms with Gasteiger partial charge in [-0.25, -0.2) is 14.6 Å². The van der Waals surface area contributed by atoms with E-state index in [1.807, 2.05) is 27.7 Å². The van der Waals surface area contributed by atoms with Crippen molar-refractivity contribution in [2.75, 3.05) is 0 Å². The van der Waals surface area contributed by atoms with Gasteiger partial charge in [0.1, 0.15) is 17.0 Å². The first-order chi connectivity index (χ1) is 9.52. The van der Waals surface area contributed by atoms with E-state index in [1.54, 1.807) is 4.68 Å². The summed E-state index contributed by atoms with van der Waals surface area (Å²) in [6.07, 6.45) is 2.36. The number of nitrogens with one attached hydrogen (secondary N) is 1. The van der Waals surface area contributed by atoms with Crippen LogP contribution in [0.2, 0.25) is 0 Å². The first-order valence-electron chi connectivity index (χ1n) is 6.65. The van der Waals surface area contributed by atoms with E-state index in [4.69, 9.17) is 0 Å². The number of carbonyl (C=O) groups is 1. The van der Waals surface area contributed by atoms with Gasteiger partial charge in [0.05, 0.1) is 17.2 Å². The van der Waals surface area contributed by atoms with Gasteiger partial charge in [-0.3, -0.25) is 4.79 Å². The lowest BCUT2D eigenvalue weighted by Crippen LogP contribution is -2.25. The summed E-state index contributed by atoms with van der Waals surface area (Å²) >= 11 is 1.45. The SMILES string of the molecule is CCc1nc(C)c(C(=O)NCc2ncnn2C(C)C)s1. The molecule has 0 aliphatic rings. The molecule has 20 heavy (non-hydrogen) atoms. The third-order valence-corrected chi connectivity index (χ3v) is 4.19. The Hall–Kier alpha value is -1.76. The lowest BCUT2D eigenvalue weighted by molar-refractivity contribution is 0.0952. The number of amides is 1. The fourth-order valence-electron chi connectivity index (χ4n) is 1.89. The van der Waals surface area contributed by atoms with Crippen molar-refractivity contribution in [2.45, 2.75) is 46.7 Å². The first kappa shape index (κ1) is 14.6. The molecular formula is C13H19N5OS. The molecule has 2 aromatic rings. The topological polar surface area (TPSA) is 72.7 Å². The highest BCUT2D eigenvalue weighted by Crippen LogP contribution is 2.18. The Balaban J connectivity index is 2.05. The second-order valence-electron chi connectivity index (χ2n) is 4.77. The predicted molar refractivity (Wildman–Crippen MR) is 77.8 cm³/mol. The van der Waals surface area contributed by atoms with Crippen molar-refractivity contribution < 1.29 is 4.79 Å². The highest BCUT2D eigenvalue weighted by Gasteiger charge is 2.15. The van der Waals surface area contributed by atoms with Gasteiger partial charge < -0.3 is 5.32 Å². The van der Waals surface area contributed by atoms with Gasteiger partial charge in [-0.1, -0.05) is 6.92 Å². The maximum absolute atomic E-state index is 12.2. The zero-order valence-corrected chi connectivity index (χ0v) is 13.0. The molecule has 0 unspecified atom stereocenters. The van der Waals surface area contributed by atoms with Crippen LogP contribution in [0.25, 0.3) is 0 Å². The van der Waals surface area contributed by atoms with Gasteiger partial charge in [-0.2, -0.15) is 5.10 Å². The van der Waals surface area contributed by atoms with Gasteiger partial charge in [0, 0.05) is 6.04 Å². The van der Waals surface area contributed by atoms with Gasteiger partial charge in [-0.15, -0.1) is 11.3 Å². The average molecular weight is 293 g/mol. The van der Waals surface area contributed by atoms with Crippen LogP contribution in [-0.4, -0.2) is 25.7 Å². The summed E-state index contributed by atoms with van der Waals surface area (Å²) < 4.78 is 1.80. The molecule has 108 valence electrons. The van der Waals surface area contributed by atoms with Crippen LogP contribution in [0.1, 0.15) is 53.0 Å². The van der Waals surface area contributed by atoms with E-state index in [0.29, 0.717) is 11.4 Å². The lowest BCUT2D eigenvalue weighted by Gasteiger charge is -2.09. The molecule has 0 saturated heterocycles. The van der Waals surface area contributed by atoms with Crippen LogP contribution in [0.3, 0.4) is 0 Å². The fourth-order valence-corrected chi connectivity index (χ4v) is 2.81. The summed E-state index contributed by atoms with van der Waals surface area (Å²) in [4.78, 5) is 21.4. The van der Waals surface area contributed by atoms with Crippen LogP contribution in [0.15, 0.2) is 6.33 Å². The number of hydrogen-bond acceptors (Lipinski definition) is 5. The van der Waals surface area contributed by atoms with Crippen LogP contribution in [0, 0.1) is 6.92 Å². The van der Waals surface area contributed by atoms with Crippen molar-refractivity contribution in [1.82, 2.24) is 25.1 Å². The van der Waals surface area contributed by atoms with Crippen LogP contribution < -0.4 is 5.32 Å². The van der Waals surface area contributed by atoms with E-state index in [0.717, 1.165) is 22.9 Å². The second-order valence-corrected chi connectivity index (χ2v) is 5.86. The molecule has 0 atom stereocenters. The van der Waals surface area contributed by atoms with Crippen molar-refractivity contribution >= 4 is 17.2 Å². The smallest absolute Gasteiger partial charge is 0.263 e. The summed E-state index contributed by atoms with van der Waals surface area (Å²) in [5.74, 6) is 0.657. The Morgan fingerprint density at radius 2 is 2.25 bits per heavy atom. The number of rotatable bonds is 5. The first-order valence-corrected chi connectivity index (χ1v) is 7.47. The quantitative estimate of drug-likeness (QED) is 0.916. The Morgan fingerprint density at radius 1 is 1.50 bits per heavy atom. The molecule has 0 fully saturated rings. The minimum absolute atomic E-state index is 0.0991. The molecule has 0 radical (unpaired) electrons. The molecule has 2 aromatic heterocycles. The highest BCUT2D eigenvalue weighted by atomic mass is 32.1. The van der Waals surface area contributed by atoms with Crippen LogP contribution >= 0.6 is 11.3 Å². The second kappa shape index (κ2) is 6.13. The van der Waals surface area contributed by atoms with E-state index >= 15 is 0 Å². The zero-order chi connectivity index (χ0) is 14.7. The predicted octanol–water partition coefficient (Wildman–Crippen LogP) is 2.12. The molecule has 2 heterocycles. The van der Waals surface area contributed by atoms with Crippen molar-refractivity contribution in [1.29, 1.82) is 0 Å². The minimum Gasteiger partial charge on any atom is -0.344 e. The fraction of sp³-hybridized carbons (Fsp3) is 0.538. The molecule has 1 amide bonds.